The highest BCUT2D eigenvalue weighted by molar-refractivity contribution is 5.18. The first-order chi connectivity index (χ1) is 12.2. The fraction of sp³-hybridized carbons (Fsp3) is 0.696. The monoisotopic (exact) mass is 343 g/mol. The third kappa shape index (κ3) is 7.59. The van der Waals surface area contributed by atoms with E-state index < -0.39 is 5.83 Å². The molecule has 0 saturated heterocycles. The van der Waals surface area contributed by atoms with E-state index in [-0.39, 0.29) is 0 Å². The molecule has 0 bridgehead atoms. The minimum absolute atomic E-state index is 0.716. The number of rotatable bonds is 7. The molecule has 0 radical (unpaired) electrons. The molecule has 0 heterocycles. The molecule has 2 aliphatic rings. The van der Waals surface area contributed by atoms with Crippen molar-refractivity contribution in [2.24, 2.45) is 23.7 Å². The van der Waals surface area contributed by atoms with Crippen molar-refractivity contribution in [1.29, 1.82) is 5.26 Å². The Kier molecular flexibility index (Phi) is 9.02. The Morgan fingerprint density at radius 3 is 2.04 bits per heavy atom. The van der Waals surface area contributed by atoms with E-state index in [0.717, 1.165) is 30.1 Å². The molecule has 2 heteroatoms. The summed E-state index contributed by atoms with van der Waals surface area (Å²) in [6.07, 6.45) is 24.5. The van der Waals surface area contributed by atoms with E-state index in [0.29, 0.717) is 0 Å². The molecule has 0 aliphatic heterocycles. The highest BCUT2D eigenvalue weighted by atomic mass is 19.1. The van der Waals surface area contributed by atoms with Crippen molar-refractivity contribution in [3.63, 3.8) is 0 Å². The molecule has 138 valence electrons. The van der Waals surface area contributed by atoms with Gasteiger partial charge < -0.3 is 0 Å². The van der Waals surface area contributed by atoms with Crippen molar-refractivity contribution < 1.29 is 4.39 Å². The smallest absolute Gasteiger partial charge is 0.195 e. The van der Waals surface area contributed by atoms with E-state index in [1.54, 1.807) is 6.08 Å². The van der Waals surface area contributed by atoms with Crippen LogP contribution >= 0.6 is 0 Å². The standard InChI is InChI=1S/C23H34FN/c1-2-19-8-10-21(11-9-19)16-17-22-14-12-20(13-15-22)6-4-3-5-7-23(24)18-25/h3,5,7,16-17,19-22H,2,4,6,8-15H2,1H3. The van der Waals surface area contributed by atoms with Crippen LogP contribution in [0.4, 0.5) is 4.39 Å². The average molecular weight is 344 g/mol. The van der Waals surface area contributed by atoms with Crippen LogP contribution in [0.1, 0.15) is 77.6 Å². The van der Waals surface area contributed by atoms with Gasteiger partial charge in [0.1, 0.15) is 6.07 Å². The van der Waals surface area contributed by atoms with E-state index in [9.17, 15) is 4.39 Å². The third-order valence-electron chi connectivity index (χ3n) is 6.24. The predicted octanol–water partition coefficient (Wildman–Crippen LogP) is 7.28. The van der Waals surface area contributed by atoms with Gasteiger partial charge in [-0.15, -0.1) is 0 Å². The molecular weight excluding hydrogens is 309 g/mol. The Morgan fingerprint density at radius 1 is 0.960 bits per heavy atom. The van der Waals surface area contributed by atoms with Crippen molar-refractivity contribution in [2.45, 2.75) is 77.6 Å². The zero-order chi connectivity index (χ0) is 17.9. The van der Waals surface area contributed by atoms with E-state index >= 15 is 0 Å². The zero-order valence-electron chi connectivity index (χ0n) is 15.8. The summed E-state index contributed by atoms with van der Waals surface area (Å²) in [6.45, 7) is 2.33. The Hall–Kier alpha value is -1.36. The largest absolute Gasteiger partial charge is 0.199 e. The third-order valence-corrected chi connectivity index (χ3v) is 6.24. The molecule has 2 saturated carbocycles. The van der Waals surface area contributed by atoms with Crippen LogP contribution in [0.5, 0.6) is 0 Å². The molecule has 0 aromatic heterocycles. The molecule has 2 rings (SSSR count). The molecule has 0 unspecified atom stereocenters. The fourth-order valence-electron chi connectivity index (χ4n) is 4.39. The second-order valence-electron chi connectivity index (χ2n) is 7.99. The molecule has 2 fully saturated rings. The Morgan fingerprint density at radius 2 is 1.52 bits per heavy atom. The maximum absolute atomic E-state index is 12.6. The van der Waals surface area contributed by atoms with Crippen molar-refractivity contribution in [1.82, 2.24) is 0 Å². The van der Waals surface area contributed by atoms with Crippen LogP contribution in [0.3, 0.4) is 0 Å². The molecular formula is C23H34FN. The van der Waals surface area contributed by atoms with Crippen LogP contribution < -0.4 is 0 Å². The van der Waals surface area contributed by atoms with Crippen molar-refractivity contribution >= 4 is 0 Å². The molecule has 0 spiro atoms. The van der Waals surface area contributed by atoms with Gasteiger partial charge in [-0.05, 0) is 94.0 Å². The summed E-state index contributed by atoms with van der Waals surface area (Å²) in [6, 6.07) is 1.49. The summed E-state index contributed by atoms with van der Waals surface area (Å²) in [4.78, 5) is 0. The summed E-state index contributed by atoms with van der Waals surface area (Å²) in [5.41, 5.74) is 0. The van der Waals surface area contributed by atoms with E-state index in [4.69, 9.17) is 5.26 Å². The molecule has 0 aromatic rings. The Labute approximate surface area is 153 Å². The first-order valence-electron chi connectivity index (χ1n) is 10.3. The molecule has 0 atom stereocenters. The second-order valence-corrected chi connectivity index (χ2v) is 7.99. The van der Waals surface area contributed by atoms with Crippen LogP contribution in [0.2, 0.25) is 0 Å². The summed E-state index contributed by atoms with van der Waals surface area (Å²) in [5, 5.41) is 8.34. The van der Waals surface area contributed by atoms with Crippen LogP contribution in [-0.4, -0.2) is 0 Å². The van der Waals surface area contributed by atoms with E-state index in [1.807, 2.05) is 6.08 Å². The quantitative estimate of drug-likeness (QED) is 0.271. The number of allylic oxidation sites excluding steroid dienone is 6. The normalized spacial score (nSPS) is 31.5. The van der Waals surface area contributed by atoms with Crippen LogP contribution in [-0.2, 0) is 0 Å². The van der Waals surface area contributed by atoms with E-state index in [1.165, 1.54) is 76.4 Å². The first-order valence-corrected chi connectivity index (χ1v) is 10.3. The second kappa shape index (κ2) is 11.3. The van der Waals surface area contributed by atoms with Gasteiger partial charge in [-0.1, -0.05) is 37.6 Å². The van der Waals surface area contributed by atoms with Crippen molar-refractivity contribution in [3.8, 4) is 6.07 Å². The highest BCUT2D eigenvalue weighted by Gasteiger charge is 2.21. The summed E-state index contributed by atoms with van der Waals surface area (Å²) < 4.78 is 12.6. The summed E-state index contributed by atoms with van der Waals surface area (Å²) in [7, 11) is 0. The SMILES string of the molecule is CCC1CCC(C=CC2CCC(CCC=CC=C(F)C#N)CC2)CC1. The Bertz CT molecular complexity index is 495. The fourth-order valence-corrected chi connectivity index (χ4v) is 4.39. The van der Waals surface area contributed by atoms with Gasteiger partial charge in [-0.2, -0.15) is 9.65 Å². The van der Waals surface area contributed by atoms with Gasteiger partial charge in [0, 0.05) is 0 Å². The lowest BCUT2D eigenvalue weighted by Gasteiger charge is -2.28. The molecule has 1 nitrogen and oxygen atoms in total. The van der Waals surface area contributed by atoms with Crippen LogP contribution in [0.15, 0.2) is 36.2 Å². The number of hydrogen-bond donors (Lipinski definition) is 0. The summed E-state index contributed by atoms with van der Waals surface area (Å²) in [5.74, 6) is 2.72. The predicted molar refractivity (Wildman–Crippen MR) is 104 cm³/mol. The number of nitriles is 1. The minimum atomic E-state index is -0.716. The zero-order valence-corrected chi connectivity index (χ0v) is 15.8. The van der Waals surface area contributed by atoms with Gasteiger partial charge in [-0.25, -0.2) is 0 Å². The van der Waals surface area contributed by atoms with Gasteiger partial charge in [0.2, 0.25) is 0 Å². The highest BCUT2D eigenvalue weighted by Crippen LogP contribution is 2.35. The average Bonchev–Trinajstić information content (AvgIpc) is 2.67. The van der Waals surface area contributed by atoms with E-state index in [2.05, 4.69) is 19.1 Å². The number of nitrogens with zero attached hydrogens (tertiary/aromatic N) is 1. The van der Waals surface area contributed by atoms with Gasteiger partial charge in [0.25, 0.3) is 0 Å². The van der Waals surface area contributed by atoms with Gasteiger partial charge >= 0.3 is 0 Å². The first kappa shape index (κ1) is 20.0. The van der Waals surface area contributed by atoms with Crippen molar-refractivity contribution in [3.05, 3.63) is 36.2 Å². The number of halogens is 1. The maximum Gasteiger partial charge on any atom is 0.199 e. The topological polar surface area (TPSA) is 23.8 Å². The number of hydrogen-bond acceptors (Lipinski definition) is 1. The van der Waals surface area contributed by atoms with Gasteiger partial charge in [-0.3, -0.25) is 0 Å². The Balaban J connectivity index is 1.60. The van der Waals surface area contributed by atoms with Gasteiger partial charge in [0.15, 0.2) is 5.83 Å². The van der Waals surface area contributed by atoms with Crippen molar-refractivity contribution in [2.75, 3.05) is 0 Å². The minimum Gasteiger partial charge on any atom is -0.195 e. The molecule has 25 heavy (non-hydrogen) atoms. The van der Waals surface area contributed by atoms with Crippen LogP contribution in [0, 0.1) is 35.0 Å². The lowest BCUT2D eigenvalue weighted by Crippen LogP contribution is -2.14. The lowest BCUT2D eigenvalue weighted by molar-refractivity contribution is 0.290. The summed E-state index contributed by atoms with van der Waals surface area (Å²) >= 11 is 0. The molecule has 0 aromatic carbocycles. The molecule has 2 aliphatic carbocycles. The molecule has 0 N–H and O–H groups in total. The van der Waals surface area contributed by atoms with Crippen LogP contribution in [0.25, 0.3) is 0 Å². The molecule has 0 amide bonds. The van der Waals surface area contributed by atoms with Gasteiger partial charge in [0.05, 0.1) is 0 Å². The lowest BCUT2D eigenvalue weighted by atomic mass is 9.78. The maximum atomic E-state index is 12.6.